The lowest BCUT2D eigenvalue weighted by atomic mass is 9.88. The summed E-state index contributed by atoms with van der Waals surface area (Å²) in [5.74, 6) is 0.927. The van der Waals surface area contributed by atoms with Crippen molar-refractivity contribution in [2.75, 3.05) is 9.91 Å². The minimum Gasteiger partial charge on any atom is -0.294 e. The van der Waals surface area contributed by atoms with E-state index < -0.39 is 5.66 Å². The molecule has 7 rings (SSSR count). The summed E-state index contributed by atoms with van der Waals surface area (Å²) >= 11 is 8.76. The maximum atomic E-state index is 6.88. The molecule has 0 aliphatic carbocycles. The van der Waals surface area contributed by atoms with E-state index in [1.807, 2.05) is 23.9 Å². The Bertz CT molecular complexity index is 1640. The molecule has 2 heterocycles. The third-order valence-electron chi connectivity index (χ3n) is 7.49. The molecule has 0 amide bonds. The zero-order chi connectivity index (χ0) is 26.2. The largest absolute Gasteiger partial charge is 0.294 e. The van der Waals surface area contributed by atoms with Crippen molar-refractivity contribution in [3.05, 3.63) is 161 Å². The maximum Gasteiger partial charge on any atom is 0.167 e. The van der Waals surface area contributed by atoms with Crippen LogP contribution in [0, 0.1) is 0 Å². The molecule has 0 spiro atoms. The van der Waals surface area contributed by atoms with Gasteiger partial charge in [0.25, 0.3) is 0 Å². The van der Waals surface area contributed by atoms with Crippen LogP contribution in [0.15, 0.2) is 150 Å². The third-order valence-corrected chi connectivity index (χ3v) is 9.14. The molecule has 0 bridgehead atoms. The Balaban J connectivity index is 1.56. The van der Waals surface area contributed by atoms with Gasteiger partial charge >= 0.3 is 0 Å². The van der Waals surface area contributed by atoms with Crippen LogP contribution in [0.1, 0.15) is 28.4 Å². The van der Waals surface area contributed by atoms with Crippen LogP contribution in [-0.4, -0.2) is 5.84 Å². The summed E-state index contributed by atoms with van der Waals surface area (Å²) in [6.45, 7) is 0. The number of thioether (sulfide) groups is 1. The molecular weight excluding hydrogens is 518 g/mol. The molecule has 0 saturated heterocycles. The first-order valence-electron chi connectivity index (χ1n) is 13.1. The second-order valence-corrected chi connectivity index (χ2v) is 11.4. The number of anilines is 2. The summed E-state index contributed by atoms with van der Waals surface area (Å²) in [6.07, 6.45) is 0.759. The summed E-state index contributed by atoms with van der Waals surface area (Å²) in [5.41, 5.74) is 4.93. The molecule has 5 heteroatoms. The molecule has 0 N–H and O–H groups in total. The number of rotatable bonds is 4. The number of nitrogens with zero attached hydrogens (tertiary/aromatic N) is 3. The topological polar surface area (TPSA) is 18.8 Å². The fourth-order valence-corrected chi connectivity index (χ4v) is 7.50. The van der Waals surface area contributed by atoms with Crippen LogP contribution < -0.4 is 9.91 Å². The highest BCUT2D eigenvalue weighted by Gasteiger charge is 2.55. The lowest BCUT2D eigenvalue weighted by molar-refractivity contribution is 0.407. The quantitative estimate of drug-likeness (QED) is 0.225. The Labute approximate surface area is 238 Å². The van der Waals surface area contributed by atoms with E-state index >= 15 is 0 Å². The summed E-state index contributed by atoms with van der Waals surface area (Å²) in [5, 5.41) is 8.55. The first kappa shape index (κ1) is 24.1. The number of halogens is 1. The molecule has 3 nitrogen and oxygen atoms in total. The number of amidine groups is 1. The second kappa shape index (κ2) is 9.96. The lowest BCUT2D eigenvalue weighted by Gasteiger charge is -2.45. The van der Waals surface area contributed by atoms with Crippen molar-refractivity contribution >= 4 is 40.6 Å². The van der Waals surface area contributed by atoms with Gasteiger partial charge in [-0.25, -0.2) is 5.01 Å². The van der Waals surface area contributed by atoms with E-state index in [1.54, 1.807) is 0 Å². The molecule has 2 aliphatic heterocycles. The van der Waals surface area contributed by atoms with Gasteiger partial charge in [-0.1, -0.05) is 121 Å². The van der Waals surface area contributed by atoms with Crippen LogP contribution in [0.5, 0.6) is 0 Å². The Morgan fingerprint density at radius 2 is 1.31 bits per heavy atom. The highest BCUT2D eigenvalue weighted by molar-refractivity contribution is 7.99. The fraction of sp³-hybridized carbons (Fsp3) is 0.0882. The number of hydrogen-bond acceptors (Lipinski definition) is 4. The minimum atomic E-state index is -0.642. The smallest absolute Gasteiger partial charge is 0.167 e. The maximum absolute atomic E-state index is 6.88. The van der Waals surface area contributed by atoms with E-state index in [1.165, 1.54) is 10.5 Å². The number of para-hydroxylation sites is 2. The van der Waals surface area contributed by atoms with Gasteiger partial charge in [0.1, 0.15) is 0 Å². The van der Waals surface area contributed by atoms with E-state index in [9.17, 15) is 0 Å². The summed E-state index contributed by atoms with van der Waals surface area (Å²) in [6, 6.07) is 48.8. The molecule has 5 aromatic carbocycles. The van der Waals surface area contributed by atoms with Gasteiger partial charge in [0, 0.05) is 32.7 Å². The van der Waals surface area contributed by atoms with E-state index in [0.29, 0.717) is 0 Å². The average Bonchev–Trinajstić information content (AvgIpc) is 3.26. The Morgan fingerprint density at radius 3 is 2.05 bits per heavy atom. The van der Waals surface area contributed by atoms with Crippen molar-refractivity contribution in [2.24, 2.45) is 5.10 Å². The molecule has 2 aliphatic rings. The van der Waals surface area contributed by atoms with Crippen molar-refractivity contribution in [3.8, 4) is 0 Å². The molecular formula is C34H26ClN3S. The van der Waals surface area contributed by atoms with Crippen LogP contribution in [0.3, 0.4) is 0 Å². The Kier molecular flexibility index (Phi) is 6.15. The van der Waals surface area contributed by atoms with Gasteiger partial charge in [-0.3, -0.25) is 4.90 Å². The van der Waals surface area contributed by atoms with Gasteiger partial charge < -0.3 is 0 Å². The predicted octanol–water partition coefficient (Wildman–Crippen LogP) is 9.12. The van der Waals surface area contributed by atoms with Crippen molar-refractivity contribution < 1.29 is 0 Å². The first-order valence-corrected chi connectivity index (χ1v) is 14.4. The van der Waals surface area contributed by atoms with Gasteiger partial charge in [0.05, 0.1) is 11.4 Å². The van der Waals surface area contributed by atoms with E-state index in [-0.39, 0.29) is 5.25 Å². The summed E-state index contributed by atoms with van der Waals surface area (Å²) < 4.78 is 0. The average molecular weight is 544 g/mol. The number of hydrazone groups is 1. The second-order valence-electron chi connectivity index (χ2n) is 9.75. The molecule has 0 saturated carbocycles. The van der Waals surface area contributed by atoms with Gasteiger partial charge in [0.15, 0.2) is 11.5 Å². The molecule has 0 aromatic heterocycles. The van der Waals surface area contributed by atoms with Gasteiger partial charge in [-0.05, 0) is 35.9 Å². The number of fused-ring (bicyclic) bond motifs is 3. The molecule has 5 aromatic rings. The standard InChI is InChI=1S/C34H26ClN3S/c35-29-21-11-10-20-28(29)32-24-34(26-16-6-2-7-17-26)37(30-22-12-13-23-31(30)39-32)33(25-14-4-1-5-15-25)36-38(34)27-18-8-3-9-19-27/h1-23,32H,24H2/t32-,34-/m1/s1. The van der Waals surface area contributed by atoms with Crippen molar-refractivity contribution in [1.82, 2.24) is 0 Å². The molecule has 190 valence electrons. The normalized spacial score (nSPS) is 20.1. The Hall–Kier alpha value is -3.99. The predicted molar refractivity (Wildman–Crippen MR) is 164 cm³/mol. The van der Waals surface area contributed by atoms with Crippen molar-refractivity contribution in [1.29, 1.82) is 0 Å². The van der Waals surface area contributed by atoms with E-state index in [2.05, 4.69) is 137 Å². The molecule has 39 heavy (non-hydrogen) atoms. The Morgan fingerprint density at radius 1 is 0.692 bits per heavy atom. The zero-order valence-electron chi connectivity index (χ0n) is 21.2. The summed E-state index contributed by atoms with van der Waals surface area (Å²) in [4.78, 5) is 3.67. The van der Waals surface area contributed by atoms with Crippen LogP contribution in [-0.2, 0) is 5.66 Å². The number of hydrogen-bond donors (Lipinski definition) is 0. The lowest BCUT2D eigenvalue weighted by Crippen LogP contribution is -2.54. The highest BCUT2D eigenvalue weighted by Crippen LogP contribution is 2.58. The zero-order valence-corrected chi connectivity index (χ0v) is 22.8. The van der Waals surface area contributed by atoms with E-state index in [0.717, 1.165) is 39.8 Å². The minimum absolute atomic E-state index is 0.0848. The van der Waals surface area contributed by atoms with Crippen molar-refractivity contribution in [2.45, 2.75) is 22.2 Å². The van der Waals surface area contributed by atoms with Gasteiger partial charge in [0.2, 0.25) is 0 Å². The van der Waals surface area contributed by atoms with Crippen LogP contribution in [0.2, 0.25) is 5.02 Å². The molecule has 0 fully saturated rings. The highest BCUT2D eigenvalue weighted by atomic mass is 35.5. The third kappa shape index (κ3) is 4.03. The van der Waals surface area contributed by atoms with Gasteiger partial charge in [-0.15, -0.1) is 11.8 Å². The summed E-state index contributed by atoms with van der Waals surface area (Å²) in [7, 11) is 0. The number of benzene rings is 5. The molecule has 0 radical (unpaired) electrons. The SMILES string of the molecule is Clc1ccccc1[C@H]1C[C@]2(c3ccccc3)N(c3ccccc3)N=C(c3ccccc3)N2c2ccccc2S1. The fourth-order valence-electron chi connectivity index (χ4n) is 5.78. The van der Waals surface area contributed by atoms with Crippen LogP contribution in [0.4, 0.5) is 11.4 Å². The van der Waals surface area contributed by atoms with Crippen LogP contribution in [0.25, 0.3) is 0 Å². The first-order chi connectivity index (χ1) is 19.3. The van der Waals surface area contributed by atoms with Gasteiger partial charge in [-0.2, -0.15) is 5.10 Å². The molecule has 0 unspecified atom stereocenters. The van der Waals surface area contributed by atoms with Crippen molar-refractivity contribution in [3.63, 3.8) is 0 Å². The monoisotopic (exact) mass is 543 g/mol. The molecule has 2 atom stereocenters. The van der Waals surface area contributed by atoms with E-state index in [4.69, 9.17) is 16.7 Å². The van der Waals surface area contributed by atoms with Crippen LogP contribution >= 0.6 is 23.4 Å².